The minimum atomic E-state index is -0.391. The van der Waals surface area contributed by atoms with Crippen LogP contribution in [0.4, 0.5) is 0 Å². The average molecular weight is 391 g/mol. The SMILES string of the molecule is O=C(CCN1C(=O)C2C=CC=CC2=NC1=S)N1CC=C(c2ccccc2)CC1. The number of rotatable bonds is 4. The summed E-state index contributed by atoms with van der Waals surface area (Å²) in [6, 6.07) is 10.2. The van der Waals surface area contributed by atoms with Gasteiger partial charge in [-0.05, 0) is 35.9 Å². The molecule has 0 radical (unpaired) electrons. The molecule has 1 aromatic carbocycles. The standard InChI is InChI=1S/C22H21N3O2S/c26-20(24-13-10-17(11-14-24)16-6-2-1-3-7-16)12-15-25-21(27)18-8-4-5-9-19(18)23-22(25)28/h1-10,18H,11-15H2. The van der Waals surface area contributed by atoms with Crippen molar-refractivity contribution in [2.75, 3.05) is 19.6 Å². The number of benzene rings is 1. The van der Waals surface area contributed by atoms with Gasteiger partial charge >= 0.3 is 0 Å². The number of carbonyl (C=O) groups is 2. The Labute approximate surface area is 169 Å². The van der Waals surface area contributed by atoms with Crippen LogP contribution in [0.5, 0.6) is 0 Å². The third-order valence-corrected chi connectivity index (χ3v) is 5.56. The largest absolute Gasteiger partial charge is 0.339 e. The van der Waals surface area contributed by atoms with Gasteiger partial charge in [-0.25, -0.2) is 4.99 Å². The summed E-state index contributed by atoms with van der Waals surface area (Å²) in [6.45, 7) is 1.56. The molecular formula is C22H21N3O2S. The van der Waals surface area contributed by atoms with Gasteiger partial charge in [0, 0.05) is 26.1 Å². The summed E-state index contributed by atoms with van der Waals surface area (Å²) < 4.78 is 0. The summed E-state index contributed by atoms with van der Waals surface area (Å²) in [5.41, 5.74) is 3.16. The first-order valence-corrected chi connectivity index (χ1v) is 9.85. The second kappa shape index (κ2) is 8.02. The predicted octanol–water partition coefficient (Wildman–Crippen LogP) is 3.00. The van der Waals surface area contributed by atoms with E-state index < -0.39 is 5.92 Å². The molecule has 2 heterocycles. The van der Waals surface area contributed by atoms with E-state index in [2.05, 4.69) is 23.2 Å². The first-order chi connectivity index (χ1) is 13.6. The van der Waals surface area contributed by atoms with E-state index in [0.717, 1.165) is 6.42 Å². The number of hydrogen-bond acceptors (Lipinski definition) is 3. The number of fused-ring (bicyclic) bond motifs is 1. The second-order valence-corrected chi connectivity index (χ2v) is 7.33. The topological polar surface area (TPSA) is 53.0 Å². The average Bonchev–Trinajstić information content (AvgIpc) is 2.74. The van der Waals surface area contributed by atoms with Crippen molar-refractivity contribution < 1.29 is 9.59 Å². The van der Waals surface area contributed by atoms with E-state index in [0.29, 0.717) is 18.8 Å². The maximum absolute atomic E-state index is 12.7. The van der Waals surface area contributed by atoms with Gasteiger partial charge in [-0.1, -0.05) is 54.6 Å². The van der Waals surface area contributed by atoms with Crippen LogP contribution in [0.3, 0.4) is 0 Å². The van der Waals surface area contributed by atoms with E-state index in [4.69, 9.17) is 12.2 Å². The Morgan fingerprint density at radius 1 is 1.21 bits per heavy atom. The molecule has 142 valence electrons. The van der Waals surface area contributed by atoms with Gasteiger partial charge in [0.05, 0.1) is 11.6 Å². The van der Waals surface area contributed by atoms with Crippen LogP contribution in [0.15, 0.2) is 65.7 Å². The zero-order valence-corrected chi connectivity index (χ0v) is 16.3. The van der Waals surface area contributed by atoms with Gasteiger partial charge in [0.15, 0.2) is 0 Å². The first-order valence-electron chi connectivity index (χ1n) is 9.44. The number of hydrogen-bond donors (Lipinski definition) is 0. The molecule has 1 atom stereocenters. The molecule has 1 aliphatic carbocycles. The molecule has 2 aliphatic heterocycles. The lowest BCUT2D eigenvalue weighted by Crippen LogP contribution is -2.47. The Bertz CT molecular complexity index is 930. The van der Waals surface area contributed by atoms with Crippen LogP contribution < -0.4 is 0 Å². The molecule has 6 heteroatoms. The molecule has 3 aliphatic rings. The van der Waals surface area contributed by atoms with Crippen LogP contribution in [-0.4, -0.2) is 52.1 Å². The van der Waals surface area contributed by atoms with Crippen LogP contribution in [0.2, 0.25) is 0 Å². The summed E-state index contributed by atoms with van der Waals surface area (Å²) in [5.74, 6) is -0.459. The Kier molecular flexibility index (Phi) is 5.30. The van der Waals surface area contributed by atoms with Gasteiger partial charge in [0.2, 0.25) is 16.9 Å². The lowest BCUT2D eigenvalue weighted by Gasteiger charge is -2.31. The zero-order chi connectivity index (χ0) is 19.5. The number of amides is 2. The molecular weight excluding hydrogens is 370 g/mol. The van der Waals surface area contributed by atoms with Gasteiger partial charge in [-0.15, -0.1) is 0 Å². The molecule has 5 nitrogen and oxygen atoms in total. The fourth-order valence-corrected chi connectivity index (χ4v) is 3.95. The van der Waals surface area contributed by atoms with E-state index >= 15 is 0 Å². The van der Waals surface area contributed by atoms with Crippen molar-refractivity contribution in [1.82, 2.24) is 9.80 Å². The van der Waals surface area contributed by atoms with Crippen LogP contribution in [0.25, 0.3) is 5.57 Å². The molecule has 0 saturated heterocycles. The minimum Gasteiger partial charge on any atom is -0.339 e. The number of carbonyl (C=O) groups excluding carboxylic acids is 2. The lowest BCUT2D eigenvalue weighted by molar-refractivity contribution is -0.132. The monoisotopic (exact) mass is 391 g/mol. The maximum atomic E-state index is 12.7. The second-order valence-electron chi connectivity index (χ2n) is 6.97. The zero-order valence-electron chi connectivity index (χ0n) is 15.5. The summed E-state index contributed by atoms with van der Waals surface area (Å²) in [6.07, 6.45) is 10.5. The highest BCUT2D eigenvalue weighted by molar-refractivity contribution is 7.80. The summed E-state index contributed by atoms with van der Waals surface area (Å²) in [5, 5.41) is 0.244. The Morgan fingerprint density at radius 3 is 2.79 bits per heavy atom. The van der Waals surface area contributed by atoms with Crippen LogP contribution in [-0.2, 0) is 9.59 Å². The van der Waals surface area contributed by atoms with Gasteiger partial charge in [0.25, 0.3) is 0 Å². The molecule has 0 aromatic heterocycles. The molecule has 0 spiro atoms. The molecule has 1 aromatic rings. The Balaban J connectivity index is 1.35. The van der Waals surface area contributed by atoms with Crippen molar-refractivity contribution >= 4 is 40.4 Å². The molecule has 0 fully saturated rings. The number of thiocarbonyl (C=S) groups is 1. The fourth-order valence-electron chi connectivity index (χ4n) is 3.66. The van der Waals surface area contributed by atoms with Crippen molar-refractivity contribution in [3.05, 3.63) is 66.3 Å². The Morgan fingerprint density at radius 2 is 2.04 bits per heavy atom. The molecule has 0 bridgehead atoms. The highest BCUT2D eigenvalue weighted by Crippen LogP contribution is 2.23. The third-order valence-electron chi connectivity index (χ3n) is 5.24. The normalized spacial score (nSPS) is 21.4. The number of nitrogens with zero attached hydrogens (tertiary/aromatic N) is 3. The third kappa shape index (κ3) is 3.73. The summed E-state index contributed by atoms with van der Waals surface area (Å²) in [4.78, 5) is 33.0. The maximum Gasteiger partial charge on any atom is 0.241 e. The van der Waals surface area contributed by atoms with Gasteiger partial charge in [-0.3, -0.25) is 14.5 Å². The smallest absolute Gasteiger partial charge is 0.241 e. The highest BCUT2D eigenvalue weighted by atomic mass is 32.1. The summed E-state index contributed by atoms with van der Waals surface area (Å²) >= 11 is 5.28. The van der Waals surface area contributed by atoms with Crippen molar-refractivity contribution in [3.63, 3.8) is 0 Å². The quantitative estimate of drug-likeness (QED) is 0.742. The number of aliphatic imine (C=N–C) groups is 1. The van der Waals surface area contributed by atoms with Crippen molar-refractivity contribution in [1.29, 1.82) is 0 Å². The molecule has 1 unspecified atom stereocenters. The van der Waals surface area contributed by atoms with Gasteiger partial charge in [-0.2, -0.15) is 0 Å². The van der Waals surface area contributed by atoms with Crippen molar-refractivity contribution in [2.24, 2.45) is 10.9 Å². The van der Waals surface area contributed by atoms with E-state index in [1.807, 2.05) is 47.4 Å². The van der Waals surface area contributed by atoms with E-state index in [1.165, 1.54) is 16.0 Å². The van der Waals surface area contributed by atoms with E-state index in [-0.39, 0.29) is 29.9 Å². The summed E-state index contributed by atoms with van der Waals surface area (Å²) in [7, 11) is 0. The fraction of sp³-hybridized carbons (Fsp3) is 0.273. The van der Waals surface area contributed by atoms with Crippen molar-refractivity contribution in [2.45, 2.75) is 12.8 Å². The molecule has 0 N–H and O–H groups in total. The van der Waals surface area contributed by atoms with Crippen LogP contribution in [0.1, 0.15) is 18.4 Å². The number of allylic oxidation sites excluding steroid dienone is 3. The van der Waals surface area contributed by atoms with Crippen molar-refractivity contribution in [3.8, 4) is 0 Å². The molecule has 28 heavy (non-hydrogen) atoms. The molecule has 0 saturated carbocycles. The molecule has 2 amide bonds. The van der Waals surface area contributed by atoms with Crippen LogP contribution >= 0.6 is 12.2 Å². The predicted molar refractivity (Wildman–Crippen MR) is 114 cm³/mol. The Hall–Kier alpha value is -2.86. The minimum absolute atomic E-state index is 0.0350. The highest BCUT2D eigenvalue weighted by Gasteiger charge is 2.34. The van der Waals surface area contributed by atoms with Gasteiger partial charge < -0.3 is 4.90 Å². The first kappa shape index (κ1) is 18.5. The molecule has 4 rings (SSSR count). The lowest BCUT2D eigenvalue weighted by atomic mass is 9.95. The van der Waals surface area contributed by atoms with Crippen LogP contribution in [0, 0.1) is 5.92 Å². The van der Waals surface area contributed by atoms with E-state index in [9.17, 15) is 9.59 Å². The van der Waals surface area contributed by atoms with Gasteiger partial charge in [0.1, 0.15) is 0 Å². The van der Waals surface area contributed by atoms with E-state index in [1.54, 1.807) is 0 Å².